The zero-order chi connectivity index (χ0) is 11.5. The molecular formula is C11H13Br2ClN2. The van der Waals surface area contributed by atoms with Crippen LogP contribution in [0, 0.1) is 5.92 Å². The summed E-state index contributed by atoms with van der Waals surface area (Å²) < 4.78 is 1.97. The highest BCUT2D eigenvalue weighted by atomic mass is 79.9. The third kappa shape index (κ3) is 2.90. The van der Waals surface area contributed by atoms with E-state index >= 15 is 0 Å². The molecule has 0 radical (unpaired) electrons. The topological polar surface area (TPSA) is 24.9 Å². The summed E-state index contributed by atoms with van der Waals surface area (Å²) in [7, 11) is 0. The molecular weight excluding hydrogens is 355 g/mol. The molecule has 1 aliphatic rings. The molecule has 1 fully saturated rings. The van der Waals surface area contributed by atoms with Crippen molar-refractivity contribution in [2.45, 2.75) is 25.3 Å². The molecule has 0 aromatic carbocycles. The molecule has 0 spiro atoms. The first-order valence-electron chi connectivity index (χ1n) is 5.34. The van der Waals surface area contributed by atoms with Gasteiger partial charge in [0.2, 0.25) is 0 Å². The Morgan fingerprint density at radius 1 is 1.44 bits per heavy atom. The molecule has 1 aromatic heterocycles. The second-order valence-corrected chi connectivity index (χ2v) is 6.16. The van der Waals surface area contributed by atoms with E-state index in [1.807, 2.05) is 6.07 Å². The summed E-state index contributed by atoms with van der Waals surface area (Å²) in [6.45, 7) is 0. The molecule has 0 bridgehead atoms. The van der Waals surface area contributed by atoms with Crippen LogP contribution >= 0.6 is 43.5 Å². The Hall–Kier alpha value is 0.200. The molecule has 0 amide bonds. The Labute approximate surface area is 117 Å². The molecule has 2 nitrogen and oxygen atoms in total. The monoisotopic (exact) mass is 366 g/mol. The molecule has 1 aliphatic carbocycles. The predicted molar refractivity (Wildman–Crippen MR) is 75.1 cm³/mol. The van der Waals surface area contributed by atoms with Crippen LogP contribution < -0.4 is 5.32 Å². The molecule has 16 heavy (non-hydrogen) atoms. The van der Waals surface area contributed by atoms with Crippen molar-refractivity contribution in [2.75, 3.05) is 11.2 Å². The number of aromatic nitrogens is 1. The minimum atomic E-state index is 0.461. The van der Waals surface area contributed by atoms with Crippen LogP contribution in [0.25, 0.3) is 0 Å². The number of halogens is 3. The lowest BCUT2D eigenvalue weighted by Crippen LogP contribution is -2.25. The van der Waals surface area contributed by atoms with Gasteiger partial charge in [-0.05, 0) is 56.7 Å². The van der Waals surface area contributed by atoms with Crippen molar-refractivity contribution in [3.05, 3.63) is 21.2 Å². The van der Waals surface area contributed by atoms with Crippen LogP contribution in [0.4, 0.5) is 5.82 Å². The van der Waals surface area contributed by atoms with Crippen LogP contribution in [0.2, 0.25) is 0 Å². The number of rotatable bonds is 3. The van der Waals surface area contributed by atoms with Crippen molar-refractivity contribution in [1.29, 1.82) is 0 Å². The van der Waals surface area contributed by atoms with Gasteiger partial charge in [0.05, 0.1) is 4.47 Å². The van der Waals surface area contributed by atoms with Gasteiger partial charge >= 0.3 is 0 Å². The number of anilines is 1. The van der Waals surface area contributed by atoms with Crippen molar-refractivity contribution >= 4 is 49.3 Å². The average Bonchev–Trinajstić information content (AvgIpc) is 2.69. The van der Waals surface area contributed by atoms with Crippen LogP contribution in [0.5, 0.6) is 0 Å². The average molecular weight is 369 g/mol. The van der Waals surface area contributed by atoms with Gasteiger partial charge < -0.3 is 5.32 Å². The Kier molecular flexibility index (Phi) is 4.50. The minimum Gasteiger partial charge on any atom is -0.366 e. The first-order valence-corrected chi connectivity index (χ1v) is 7.46. The lowest BCUT2D eigenvalue weighted by Gasteiger charge is -2.20. The molecule has 2 atom stereocenters. The van der Waals surface area contributed by atoms with E-state index in [0.717, 1.165) is 20.6 Å². The number of hydrogen-bond acceptors (Lipinski definition) is 2. The molecule has 0 saturated heterocycles. The summed E-state index contributed by atoms with van der Waals surface area (Å²) in [6, 6.07) is 2.46. The smallest absolute Gasteiger partial charge is 0.140 e. The van der Waals surface area contributed by atoms with Gasteiger partial charge in [0.1, 0.15) is 5.82 Å². The fraction of sp³-hybridized carbons (Fsp3) is 0.545. The summed E-state index contributed by atoms with van der Waals surface area (Å²) >= 11 is 12.9. The molecule has 0 aliphatic heterocycles. The standard InChI is InChI=1S/C11H13Br2ClN2/c12-8-4-9(13)11(15-6-8)16-10-3-1-2-7(10)5-14/h4,6-7,10H,1-3,5H2,(H,15,16). The maximum absolute atomic E-state index is 5.95. The van der Waals surface area contributed by atoms with Gasteiger partial charge in [0, 0.05) is 22.6 Å². The minimum absolute atomic E-state index is 0.461. The maximum Gasteiger partial charge on any atom is 0.140 e. The predicted octanol–water partition coefficient (Wildman–Crippen LogP) is 4.43. The van der Waals surface area contributed by atoms with Gasteiger partial charge in [-0.15, -0.1) is 11.6 Å². The SMILES string of the molecule is ClCC1CCCC1Nc1ncc(Br)cc1Br. The van der Waals surface area contributed by atoms with Crippen LogP contribution in [0.3, 0.4) is 0 Å². The van der Waals surface area contributed by atoms with E-state index in [2.05, 4.69) is 42.2 Å². The van der Waals surface area contributed by atoms with Crippen LogP contribution in [0.15, 0.2) is 21.2 Å². The third-order valence-corrected chi connectivity index (χ3v) is 4.42. The highest BCUT2D eigenvalue weighted by Gasteiger charge is 2.26. The van der Waals surface area contributed by atoms with Crippen molar-refractivity contribution in [3.63, 3.8) is 0 Å². The number of pyridine rings is 1. The Balaban J connectivity index is 2.08. The molecule has 1 N–H and O–H groups in total. The molecule has 1 heterocycles. The molecule has 2 rings (SSSR count). The first kappa shape index (κ1) is 12.7. The van der Waals surface area contributed by atoms with Crippen LogP contribution in [0.1, 0.15) is 19.3 Å². The van der Waals surface area contributed by atoms with Crippen molar-refractivity contribution in [3.8, 4) is 0 Å². The van der Waals surface area contributed by atoms with E-state index in [1.165, 1.54) is 19.3 Å². The van der Waals surface area contributed by atoms with Crippen LogP contribution in [-0.2, 0) is 0 Å². The second kappa shape index (κ2) is 5.69. The zero-order valence-electron chi connectivity index (χ0n) is 8.72. The summed E-state index contributed by atoms with van der Waals surface area (Å²) in [5.74, 6) is 2.20. The fourth-order valence-corrected chi connectivity index (χ4v) is 3.58. The van der Waals surface area contributed by atoms with E-state index in [4.69, 9.17) is 11.6 Å². The molecule has 2 unspecified atom stereocenters. The number of hydrogen-bond donors (Lipinski definition) is 1. The summed E-state index contributed by atoms with van der Waals surface area (Å²) in [4.78, 5) is 4.36. The molecule has 5 heteroatoms. The third-order valence-electron chi connectivity index (χ3n) is 2.99. The quantitative estimate of drug-likeness (QED) is 0.799. The van der Waals surface area contributed by atoms with E-state index < -0.39 is 0 Å². The van der Waals surface area contributed by atoms with E-state index in [-0.39, 0.29) is 0 Å². The van der Waals surface area contributed by atoms with Crippen molar-refractivity contribution in [2.24, 2.45) is 5.92 Å². The zero-order valence-corrected chi connectivity index (χ0v) is 12.6. The van der Waals surface area contributed by atoms with Gasteiger partial charge in [0.15, 0.2) is 0 Å². The number of nitrogens with zero attached hydrogens (tertiary/aromatic N) is 1. The van der Waals surface area contributed by atoms with Gasteiger partial charge in [-0.3, -0.25) is 0 Å². The lowest BCUT2D eigenvalue weighted by atomic mass is 10.1. The van der Waals surface area contributed by atoms with Gasteiger partial charge in [0.25, 0.3) is 0 Å². The van der Waals surface area contributed by atoms with Crippen molar-refractivity contribution < 1.29 is 0 Å². The van der Waals surface area contributed by atoms with E-state index in [9.17, 15) is 0 Å². The number of nitrogens with one attached hydrogen (secondary N) is 1. The number of alkyl halides is 1. The Morgan fingerprint density at radius 3 is 2.94 bits per heavy atom. The Morgan fingerprint density at radius 2 is 2.25 bits per heavy atom. The normalized spacial score (nSPS) is 24.7. The fourth-order valence-electron chi connectivity index (χ4n) is 2.11. The van der Waals surface area contributed by atoms with Gasteiger partial charge in [-0.2, -0.15) is 0 Å². The Bertz CT molecular complexity index is 373. The summed E-state index contributed by atoms with van der Waals surface area (Å²) in [6.07, 6.45) is 5.46. The van der Waals surface area contributed by atoms with Crippen molar-refractivity contribution in [1.82, 2.24) is 4.98 Å². The molecule has 88 valence electrons. The maximum atomic E-state index is 5.95. The highest BCUT2D eigenvalue weighted by molar-refractivity contribution is 9.11. The van der Waals surface area contributed by atoms with Gasteiger partial charge in [-0.1, -0.05) is 6.42 Å². The summed E-state index contributed by atoms with van der Waals surface area (Å²) in [5.41, 5.74) is 0. The molecule has 1 aromatic rings. The first-order chi connectivity index (χ1) is 7.70. The van der Waals surface area contributed by atoms with E-state index in [0.29, 0.717) is 12.0 Å². The largest absolute Gasteiger partial charge is 0.366 e. The molecule has 1 saturated carbocycles. The lowest BCUT2D eigenvalue weighted by molar-refractivity contribution is 0.561. The van der Waals surface area contributed by atoms with E-state index in [1.54, 1.807) is 6.20 Å². The summed E-state index contributed by atoms with van der Waals surface area (Å²) in [5, 5.41) is 3.47. The van der Waals surface area contributed by atoms with Gasteiger partial charge in [-0.25, -0.2) is 4.98 Å². The second-order valence-electron chi connectivity index (χ2n) is 4.08. The van der Waals surface area contributed by atoms with Crippen LogP contribution in [-0.4, -0.2) is 16.9 Å². The highest BCUT2D eigenvalue weighted by Crippen LogP contribution is 2.31.